The van der Waals surface area contributed by atoms with Crippen molar-refractivity contribution >= 4 is 17.4 Å². The molecule has 1 aromatic carbocycles. The number of aryl methyl sites for hydroxylation is 1. The molecule has 0 atom stereocenters. The Bertz CT molecular complexity index is 350. The second-order valence-electron chi connectivity index (χ2n) is 2.82. The third-order valence-corrected chi connectivity index (χ3v) is 2.98. The lowest BCUT2D eigenvalue weighted by Gasteiger charge is -2.05. The molecular formula is C9H11NO2S. The van der Waals surface area contributed by atoms with Crippen molar-refractivity contribution in [2.45, 2.75) is 18.7 Å². The Balaban J connectivity index is 3.38. The number of hydrogen-bond donors (Lipinski definition) is 0. The van der Waals surface area contributed by atoms with Crippen LogP contribution >= 0.6 is 11.8 Å². The van der Waals surface area contributed by atoms with E-state index in [0.717, 1.165) is 16.0 Å². The first-order chi connectivity index (χ1) is 6.07. The van der Waals surface area contributed by atoms with Crippen molar-refractivity contribution in [3.8, 4) is 0 Å². The molecule has 0 unspecified atom stereocenters. The first-order valence-corrected chi connectivity index (χ1v) is 5.09. The molecule has 0 aliphatic rings. The second kappa shape index (κ2) is 3.79. The monoisotopic (exact) mass is 197 g/mol. The summed E-state index contributed by atoms with van der Waals surface area (Å²) in [6.45, 7) is 3.87. The molecule has 0 aromatic heterocycles. The Morgan fingerprint density at radius 1 is 1.38 bits per heavy atom. The lowest BCUT2D eigenvalue weighted by molar-refractivity contribution is -0.387. The van der Waals surface area contributed by atoms with Crippen LogP contribution < -0.4 is 0 Å². The summed E-state index contributed by atoms with van der Waals surface area (Å²) in [6, 6.07) is 3.35. The van der Waals surface area contributed by atoms with Crippen LogP contribution in [0.3, 0.4) is 0 Å². The number of nitro benzene ring substituents is 1. The number of thioether (sulfide) groups is 1. The fourth-order valence-corrected chi connectivity index (χ4v) is 2.00. The molecule has 0 N–H and O–H groups in total. The van der Waals surface area contributed by atoms with E-state index in [1.165, 1.54) is 11.8 Å². The van der Waals surface area contributed by atoms with E-state index >= 15 is 0 Å². The van der Waals surface area contributed by atoms with Crippen molar-refractivity contribution in [3.63, 3.8) is 0 Å². The Morgan fingerprint density at radius 2 is 2.00 bits per heavy atom. The first kappa shape index (κ1) is 10.1. The van der Waals surface area contributed by atoms with Gasteiger partial charge in [0.05, 0.1) is 9.82 Å². The molecular weight excluding hydrogens is 186 g/mol. The number of hydrogen-bond acceptors (Lipinski definition) is 3. The van der Waals surface area contributed by atoms with Gasteiger partial charge in [-0.15, -0.1) is 11.8 Å². The van der Waals surface area contributed by atoms with Crippen LogP contribution in [0.5, 0.6) is 0 Å². The molecule has 70 valence electrons. The molecule has 1 aromatic rings. The molecule has 4 heteroatoms. The summed E-state index contributed by atoms with van der Waals surface area (Å²) in [5, 5.41) is 10.6. The van der Waals surface area contributed by atoms with Crippen LogP contribution in [0, 0.1) is 24.0 Å². The van der Waals surface area contributed by atoms with Gasteiger partial charge < -0.3 is 0 Å². The van der Waals surface area contributed by atoms with Crippen LogP contribution in [0.4, 0.5) is 5.69 Å². The highest BCUT2D eigenvalue weighted by Crippen LogP contribution is 2.32. The van der Waals surface area contributed by atoms with Gasteiger partial charge in [-0.3, -0.25) is 10.1 Å². The molecule has 0 saturated carbocycles. The highest BCUT2D eigenvalue weighted by atomic mass is 32.2. The maximum atomic E-state index is 10.6. The van der Waals surface area contributed by atoms with Crippen LogP contribution in [0.1, 0.15) is 11.1 Å². The van der Waals surface area contributed by atoms with Crippen molar-refractivity contribution in [2.24, 2.45) is 0 Å². The summed E-state index contributed by atoms with van der Waals surface area (Å²) in [5.74, 6) is 0. The van der Waals surface area contributed by atoms with E-state index in [0.29, 0.717) is 0 Å². The SMILES string of the molecule is CSc1c([N+](=O)[O-])ccc(C)c1C. The molecule has 3 nitrogen and oxygen atoms in total. The minimum absolute atomic E-state index is 0.204. The number of nitrogens with zero attached hydrogens (tertiary/aromatic N) is 1. The molecule has 0 fully saturated rings. The molecule has 0 amide bonds. The number of rotatable bonds is 2. The van der Waals surface area contributed by atoms with Gasteiger partial charge in [0, 0.05) is 6.07 Å². The van der Waals surface area contributed by atoms with Gasteiger partial charge in [-0.2, -0.15) is 0 Å². The average molecular weight is 197 g/mol. The number of benzene rings is 1. The maximum Gasteiger partial charge on any atom is 0.283 e. The predicted molar refractivity (Wildman–Crippen MR) is 54.4 cm³/mol. The van der Waals surface area contributed by atoms with E-state index in [1.807, 2.05) is 20.1 Å². The lowest BCUT2D eigenvalue weighted by atomic mass is 10.1. The maximum absolute atomic E-state index is 10.6. The molecule has 0 radical (unpaired) electrons. The summed E-state index contributed by atoms with van der Waals surface area (Å²) < 4.78 is 0. The quantitative estimate of drug-likeness (QED) is 0.416. The van der Waals surface area contributed by atoms with Crippen molar-refractivity contribution in [1.82, 2.24) is 0 Å². The second-order valence-corrected chi connectivity index (χ2v) is 3.63. The molecule has 0 aliphatic heterocycles. The Labute approximate surface area is 81.3 Å². The van der Waals surface area contributed by atoms with Crippen LogP contribution in [0.2, 0.25) is 0 Å². The fourth-order valence-electron chi connectivity index (χ4n) is 1.18. The van der Waals surface area contributed by atoms with Crippen LogP contribution in [-0.4, -0.2) is 11.2 Å². The summed E-state index contributed by atoms with van der Waals surface area (Å²) >= 11 is 1.42. The lowest BCUT2D eigenvalue weighted by Crippen LogP contribution is -1.94. The van der Waals surface area contributed by atoms with E-state index in [4.69, 9.17) is 0 Å². The van der Waals surface area contributed by atoms with Gasteiger partial charge in [-0.05, 0) is 31.2 Å². The van der Waals surface area contributed by atoms with Gasteiger partial charge >= 0.3 is 0 Å². The Hall–Kier alpha value is -1.03. The van der Waals surface area contributed by atoms with Crippen molar-refractivity contribution < 1.29 is 4.92 Å². The molecule has 0 saturated heterocycles. The van der Waals surface area contributed by atoms with Gasteiger partial charge in [0.1, 0.15) is 0 Å². The summed E-state index contributed by atoms with van der Waals surface area (Å²) in [7, 11) is 0. The first-order valence-electron chi connectivity index (χ1n) is 3.86. The Morgan fingerprint density at radius 3 is 2.46 bits per heavy atom. The van der Waals surface area contributed by atoms with E-state index < -0.39 is 0 Å². The highest BCUT2D eigenvalue weighted by molar-refractivity contribution is 7.98. The third kappa shape index (κ3) is 1.83. The largest absolute Gasteiger partial charge is 0.283 e. The molecule has 0 spiro atoms. The zero-order chi connectivity index (χ0) is 10.0. The zero-order valence-electron chi connectivity index (χ0n) is 7.83. The third-order valence-electron chi connectivity index (χ3n) is 2.06. The van der Waals surface area contributed by atoms with Gasteiger partial charge in [-0.25, -0.2) is 0 Å². The zero-order valence-corrected chi connectivity index (χ0v) is 8.64. The fraction of sp³-hybridized carbons (Fsp3) is 0.333. The Kier molecular flexibility index (Phi) is 2.93. The van der Waals surface area contributed by atoms with Gasteiger partial charge in [0.15, 0.2) is 0 Å². The number of nitro groups is 1. The van der Waals surface area contributed by atoms with E-state index in [9.17, 15) is 10.1 Å². The van der Waals surface area contributed by atoms with Crippen molar-refractivity contribution in [2.75, 3.05) is 6.26 Å². The van der Waals surface area contributed by atoms with E-state index in [-0.39, 0.29) is 10.6 Å². The van der Waals surface area contributed by atoms with Gasteiger partial charge in [-0.1, -0.05) is 6.07 Å². The van der Waals surface area contributed by atoms with Gasteiger partial charge in [0.25, 0.3) is 5.69 Å². The predicted octanol–water partition coefficient (Wildman–Crippen LogP) is 2.93. The van der Waals surface area contributed by atoms with Crippen LogP contribution in [-0.2, 0) is 0 Å². The van der Waals surface area contributed by atoms with Crippen molar-refractivity contribution in [1.29, 1.82) is 0 Å². The van der Waals surface area contributed by atoms with Crippen LogP contribution in [0.25, 0.3) is 0 Å². The molecule has 0 heterocycles. The van der Waals surface area contributed by atoms with E-state index in [1.54, 1.807) is 12.1 Å². The van der Waals surface area contributed by atoms with E-state index in [2.05, 4.69) is 0 Å². The smallest absolute Gasteiger partial charge is 0.258 e. The summed E-state index contributed by atoms with van der Waals surface area (Å²) in [4.78, 5) is 11.1. The van der Waals surface area contributed by atoms with Crippen molar-refractivity contribution in [3.05, 3.63) is 33.4 Å². The van der Waals surface area contributed by atoms with Gasteiger partial charge in [0.2, 0.25) is 0 Å². The highest BCUT2D eigenvalue weighted by Gasteiger charge is 2.15. The standard InChI is InChI=1S/C9H11NO2S/c1-6-4-5-8(10(11)12)9(13-3)7(6)2/h4-5H,1-3H3. The van der Waals surface area contributed by atoms with Crippen LogP contribution in [0.15, 0.2) is 17.0 Å². The molecule has 13 heavy (non-hydrogen) atoms. The molecule has 0 aliphatic carbocycles. The summed E-state index contributed by atoms with van der Waals surface area (Å²) in [5.41, 5.74) is 2.30. The molecule has 1 rings (SSSR count). The minimum Gasteiger partial charge on any atom is -0.258 e. The molecule has 0 bridgehead atoms. The average Bonchev–Trinajstić information content (AvgIpc) is 2.09. The normalized spacial score (nSPS) is 10.1. The summed E-state index contributed by atoms with van der Waals surface area (Å²) in [6.07, 6.45) is 1.86. The minimum atomic E-state index is -0.335. The topological polar surface area (TPSA) is 43.1 Å².